The fourth-order valence-corrected chi connectivity index (χ4v) is 3.98. The highest BCUT2D eigenvalue weighted by Gasteiger charge is 2.34. The van der Waals surface area contributed by atoms with Crippen LogP contribution >= 0.6 is 24.0 Å². The highest BCUT2D eigenvalue weighted by molar-refractivity contribution is 6.32. The lowest BCUT2D eigenvalue weighted by Gasteiger charge is -2.15. The van der Waals surface area contributed by atoms with Crippen LogP contribution in [-0.2, 0) is 19.0 Å². The van der Waals surface area contributed by atoms with Crippen molar-refractivity contribution >= 4 is 29.9 Å². The highest BCUT2D eigenvalue weighted by atomic mass is 35.5. The van der Waals surface area contributed by atoms with E-state index < -0.39 is 11.7 Å². The summed E-state index contributed by atoms with van der Waals surface area (Å²) in [5.74, 6) is -0.219. The number of nitrogens with zero attached hydrogens (tertiary/aromatic N) is 3. The quantitative estimate of drug-likeness (QED) is 0.784. The number of halogens is 5. The van der Waals surface area contributed by atoms with E-state index in [1.807, 2.05) is 0 Å². The van der Waals surface area contributed by atoms with Gasteiger partial charge in [0.15, 0.2) is 5.69 Å². The number of carbonyl (C=O) groups is 1. The van der Waals surface area contributed by atoms with Gasteiger partial charge in [-0.25, -0.2) is 4.68 Å². The Balaban J connectivity index is 0.00000225. The zero-order valence-corrected chi connectivity index (χ0v) is 16.4. The largest absolute Gasteiger partial charge is 0.416 e. The van der Waals surface area contributed by atoms with Gasteiger partial charge in [0.1, 0.15) is 0 Å². The van der Waals surface area contributed by atoms with E-state index >= 15 is 0 Å². The van der Waals surface area contributed by atoms with E-state index in [4.69, 9.17) is 17.3 Å². The molecule has 4 rings (SSSR count). The van der Waals surface area contributed by atoms with Crippen LogP contribution in [0.25, 0.3) is 5.69 Å². The van der Waals surface area contributed by atoms with E-state index in [2.05, 4.69) is 5.10 Å². The van der Waals surface area contributed by atoms with Gasteiger partial charge in [0.25, 0.3) is 5.91 Å². The van der Waals surface area contributed by atoms with Crippen molar-refractivity contribution in [2.24, 2.45) is 5.73 Å². The molecule has 1 aromatic carbocycles. The zero-order chi connectivity index (χ0) is 19.3. The number of benzene rings is 1. The molecular weight excluding hydrogens is 416 g/mol. The molecule has 1 fully saturated rings. The van der Waals surface area contributed by atoms with Crippen LogP contribution in [0.4, 0.5) is 13.2 Å². The monoisotopic (exact) mass is 434 g/mol. The number of nitrogens with two attached hydrogens (primary N) is 1. The summed E-state index contributed by atoms with van der Waals surface area (Å²) in [4.78, 5) is 14.5. The van der Waals surface area contributed by atoms with Gasteiger partial charge >= 0.3 is 6.18 Å². The first-order valence-electron chi connectivity index (χ1n) is 8.78. The van der Waals surface area contributed by atoms with Crippen molar-refractivity contribution in [2.45, 2.75) is 37.9 Å². The summed E-state index contributed by atoms with van der Waals surface area (Å²) in [6.07, 6.45) is -1.62. The Hall–Kier alpha value is -1.77. The summed E-state index contributed by atoms with van der Waals surface area (Å²) in [6, 6.07) is 3.08. The number of rotatable bonds is 2. The summed E-state index contributed by atoms with van der Waals surface area (Å²) in [7, 11) is 0. The standard InChI is InChI=1S/C18H18ClF3N4O.ClH/c19-13-5-4-10(18(20,21)22)8-15(13)26-14-3-1-2-12(14)16(24-26)17(27)25-7-6-11(23)9-25;/h4-5,8,11H,1-3,6-7,9,23H2;1H/t11-;/m0./s1. The molecule has 1 aliphatic carbocycles. The molecule has 10 heteroatoms. The van der Waals surface area contributed by atoms with E-state index in [-0.39, 0.29) is 35.1 Å². The van der Waals surface area contributed by atoms with E-state index in [0.717, 1.165) is 36.2 Å². The SMILES string of the molecule is Cl.N[C@H]1CCN(C(=O)c2nn(-c3cc(C(F)(F)F)ccc3Cl)c3c2CCC3)C1. The van der Waals surface area contributed by atoms with Crippen LogP contribution in [-0.4, -0.2) is 39.7 Å². The molecule has 0 radical (unpaired) electrons. The third kappa shape index (κ3) is 3.60. The molecule has 1 aliphatic heterocycles. The Labute approximate surface area is 171 Å². The second-order valence-electron chi connectivity index (χ2n) is 7.00. The molecule has 5 nitrogen and oxygen atoms in total. The van der Waals surface area contributed by atoms with Crippen molar-refractivity contribution in [3.05, 3.63) is 45.7 Å². The maximum absolute atomic E-state index is 13.1. The zero-order valence-electron chi connectivity index (χ0n) is 14.8. The van der Waals surface area contributed by atoms with Gasteiger partial charge < -0.3 is 10.6 Å². The first-order chi connectivity index (χ1) is 12.8. The molecular formula is C18H19Cl2F3N4O. The Morgan fingerprint density at radius 1 is 1.29 bits per heavy atom. The number of carbonyl (C=O) groups excluding carboxylic acids is 1. The van der Waals surface area contributed by atoms with Crippen LogP contribution < -0.4 is 5.73 Å². The summed E-state index contributed by atoms with van der Waals surface area (Å²) in [6.45, 7) is 1.02. The van der Waals surface area contributed by atoms with E-state index in [1.165, 1.54) is 10.7 Å². The van der Waals surface area contributed by atoms with Crippen LogP contribution in [0.2, 0.25) is 5.02 Å². The Bertz CT molecular complexity index is 913. The summed E-state index contributed by atoms with van der Waals surface area (Å²) >= 11 is 6.18. The third-order valence-electron chi connectivity index (χ3n) is 5.15. The molecule has 1 atom stereocenters. The van der Waals surface area contributed by atoms with Crippen LogP contribution in [0.15, 0.2) is 18.2 Å². The normalized spacial score (nSPS) is 18.9. The van der Waals surface area contributed by atoms with Crippen LogP contribution in [0.1, 0.15) is 40.2 Å². The number of hydrogen-bond acceptors (Lipinski definition) is 3. The molecule has 1 aromatic heterocycles. The number of fused-ring (bicyclic) bond motifs is 1. The van der Waals surface area contributed by atoms with Crippen molar-refractivity contribution in [2.75, 3.05) is 13.1 Å². The number of amides is 1. The predicted molar refractivity (Wildman–Crippen MR) is 101 cm³/mol. The summed E-state index contributed by atoms with van der Waals surface area (Å²) in [5.41, 5.74) is 7.07. The van der Waals surface area contributed by atoms with E-state index in [9.17, 15) is 18.0 Å². The van der Waals surface area contributed by atoms with Gasteiger partial charge in [-0.3, -0.25) is 4.79 Å². The minimum absolute atomic E-state index is 0. The van der Waals surface area contributed by atoms with Gasteiger partial charge in [-0.15, -0.1) is 12.4 Å². The van der Waals surface area contributed by atoms with E-state index in [0.29, 0.717) is 31.6 Å². The van der Waals surface area contributed by atoms with Crippen molar-refractivity contribution in [3.8, 4) is 5.69 Å². The maximum Gasteiger partial charge on any atom is 0.416 e. The van der Waals surface area contributed by atoms with Crippen LogP contribution in [0.5, 0.6) is 0 Å². The smallest absolute Gasteiger partial charge is 0.336 e. The third-order valence-corrected chi connectivity index (χ3v) is 5.47. The van der Waals surface area contributed by atoms with Gasteiger partial charge in [-0.2, -0.15) is 18.3 Å². The highest BCUT2D eigenvalue weighted by Crippen LogP contribution is 2.35. The second-order valence-corrected chi connectivity index (χ2v) is 7.41. The van der Waals surface area contributed by atoms with Crippen molar-refractivity contribution in [1.82, 2.24) is 14.7 Å². The molecule has 1 amide bonds. The first kappa shape index (κ1) is 21.0. The van der Waals surface area contributed by atoms with Gasteiger partial charge in [0, 0.05) is 30.4 Å². The van der Waals surface area contributed by atoms with Crippen molar-refractivity contribution in [3.63, 3.8) is 0 Å². The lowest BCUT2D eigenvalue weighted by atomic mass is 10.1. The molecule has 2 aliphatic rings. The molecule has 152 valence electrons. The maximum atomic E-state index is 13.1. The van der Waals surface area contributed by atoms with Crippen molar-refractivity contribution in [1.29, 1.82) is 0 Å². The number of likely N-dealkylation sites (tertiary alicyclic amines) is 1. The Morgan fingerprint density at radius 2 is 2.04 bits per heavy atom. The van der Waals surface area contributed by atoms with Gasteiger partial charge in [-0.05, 0) is 43.9 Å². The molecule has 2 heterocycles. The summed E-state index contributed by atoms with van der Waals surface area (Å²) in [5, 5.41) is 4.54. The number of hydrogen-bond donors (Lipinski definition) is 1. The fraction of sp³-hybridized carbons (Fsp3) is 0.444. The minimum Gasteiger partial charge on any atom is -0.336 e. The topological polar surface area (TPSA) is 64.2 Å². The first-order valence-corrected chi connectivity index (χ1v) is 9.16. The molecule has 0 spiro atoms. The number of alkyl halides is 3. The van der Waals surface area contributed by atoms with E-state index in [1.54, 1.807) is 4.90 Å². The lowest BCUT2D eigenvalue weighted by molar-refractivity contribution is -0.137. The fourth-order valence-electron chi connectivity index (χ4n) is 3.78. The van der Waals surface area contributed by atoms with Crippen LogP contribution in [0, 0.1) is 0 Å². The molecule has 0 saturated carbocycles. The average molecular weight is 435 g/mol. The molecule has 28 heavy (non-hydrogen) atoms. The molecule has 1 saturated heterocycles. The summed E-state index contributed by atoms with van der Waals surface area (Å²) < 4.78 is 40.8. The average Bonchev–Trinajstić information content (AvgIpc) is 3.30. The van der Waals surface area contributed by atoms with Crippen LogP contribution in [0.3, 0.4) is 0 Å². The second kappa shape index (κ2) is 7.57. The van der Waals surface area contributed by atoms with Gasteiger partial charge in [0.05, 0.1) is 16.3 Å². The van der Waals surface area contributed by atoms with Crippen molar-refractivity contribution < 1.29 is 18.0 Å². The minimum atomic E-state index is -4.49. The molecule has 2 aromatic rings. The molecule has 0 bridgehead atoms. The lowest BCUT2D eigenvalue weighted by Crippen LogP contribution is -2.32. The number of aromatic nitrogens is 2. The van der Waals surface area contributed by atoms with Gasteiger partial charge in [-0.1, -0.05) is 11.6 Å². The molecule has 0 unspecified atom stereocenters. The predicted octanol–water partition coefficient (Wildman–Crippen LogP) is 3.63. The Kier molecular flexibility index (Phi) is 5.67. The molecule has 2 N–H and O–H groups in total. The Morgan fingerprint density at radius 3 is 2.68 bits per heavy atom. The van der Waals surface area contributed by atoms with Gasteiger partial charge in [0.2, 0.25) is 0 Å².